The van der Waals surface area contributed by atoms with Gasteiger partial charge in [0.25, 0.3) is 5.91 Å². The van der Waals surface area contributed by atoms with E-state index in [1.807, 2.05) is 50.2 Å². The van der Waals surface area contributed by atoms with E-state index in [1.165, 1.54) is 6.07 Å². The van der Waals surface area contributed by atoms with Gasteiger partial charge in [-0.1, -0.05) is 36.4 Å². The van der Waals surface area contributed by atoms with Crippen LogP contribution in [0.3, 0.4) is 0 Å². The van der Waals surface area contributed by atoms with Gasteiger partial charge in [-0.05, 0) is 61.2 Å². The molecule has 0 aliphatic carbocycles. The Morgan fingerprint density at radius 3 is 2.57 bits per heavy atom. The molecule has 0 bridgehead atoms. The fraction of sp³-hybridized carbons (Fsp3) is 0.214. The molecule has 1 amide bonds. The normalized spacial score (nSPS) is 14.9. The van der Waals surface area contributed by atoms with Crippen LogP contribution in [0.1, 0.15) is 44.3 Å². The molecule has 0 spiro atoms. The lowest BCUT2D eigenvalue weighted by Gasteiger charge is -2.27. The molecule has 1 aliphatic heterocycles. The van der Waals surface area contributed by atoms with Crippen molar-refractivity contribution in [2.75, 3.05) is 13.7 Å². The Balaban J connectivity index is 1.59. The van der Waals surface area contributed by atoms with E-state index in [2.05, 4.69) is 10.2 Å². The first-order valence-electron chi connectivity index (χ1n) is 11.5. The van der Waals surface area contributed by atoms with Crippen molar-refractivity contribution in [1.29, 1.82) is 0 Å². The smallest absolute Gasteiger partial charge is 0.273 e. The summed E-state index contributed by atoms with van der Waals surface area (Å²) >= 11 is 0. The van der Waals surface area contributed by atoms with E-state index < -0.39 is 11.9 Å². The summed E-state index contributed by atoms with van der Waals surface area (Å²) in [5, 5.41) is 18.1. The number of ether oxygens (including phenoxy) is 1. The highest BCUT2D eigenvalue weighted by atomic mass is 19.1. The number of methoxy groups -OCH3 is 1. The SMILES string of the molecule is COc1ccc(CCN2C(=O)c3[nH]nc(-c4cc(C)cc(C)c4O)c3C2c2ccccc2F)cc1. The standard InChI is InChI=1S/C28H26FN3O3/c1-16-14-17(2)27(33)21(15-16)24-23-25(31-30-24)28(34)32(26(23)20-6-4-5-7-22(20)29)13-12-18-8-10-19(35-3)11-9-18/h4-11,14-15,26,33H,12-13H2,1-3H3,(H,30,31). The number of hydrogen-bond donors (Lipinski definition) is 2. The number of aromatic hydroxyl groups is 1. The van der Waals surface area contributed by atoms with Gasteiger partial charge in [-0.3, -0.25) is 9.89 Å². The van der Waals surface area contributed by atoms with Crippen molar-refractivity contribution < 1.29 is 19.0 Å². The lowest BCUT2D eigenvalue weighted by Crippen LogP contribution is -2.32. The first-order chi connectivity index (χ1) is 16.9. The summed E-state index contributed by atoms with van der Waals surface area (Å²) < 4.78 is 20.3. The van der Waals surface area contributed by atoms with E-state index in [0.29, 0.717) is 46.6 Å². The number of aromatic nitrogens is 2. The first kappa shape index (κ1) is 22.7. The Morgan fingerprint density at radius 2 is 1.86 bits per heavy atom. The zero-order valence-electron chi connectivity index (χ0n) is 19.8. The number of H-pyrrole nitrogens is 1. The number of phenols is 1. The van der Waals surface area contributed by atoms with Gasteiger partial charge in [0.1, 0.15) is 28.7 Å². The van der Waals surface area contributed by atoms with Crippen LogP contribution in [0.2, 0.25) is 0 Å². The summed E-state index contributed by atoms with van der Waals surface area (Å²) in [4.78, 5) is 15.2. The van der Waals surface area contributed by atoms with E-state index in [1.54, 1.807) is 30.2 Å². The van der Waals surface area contributed by atoms with Crippen LogP contribution in [-0.4, -0.2) is 39.8 Å². The van der Waals surface area contributed by atoms with Gasteiger partial charge >= 0.3 is 0 Å². The first-order valence-corrected chi connectivity index (χ1v) is 11.5. The zero-order chi connectivity index (χ0) is 24.7. The highest BCUT2D eigenvalue weighted by Gasteiger charge is 2.43. The molecule has 178 valence electrons. The zero-order valence-corrected chi connectivity index (χ0v) is 19.8. The van der Waals surface area contributed by atoms with Gasteiger partial charge < -0.3 is 14.7 Å². The molecule has 5 rings (SSSR count). The topological polar surface area (TPSA) is 78.5 Å². The van der Waals surface area contributed by atoms with E-state index in [4.69, 9.17) is 4.74 Å². The van der Waals surface area contributed by atoms with Crippen LogP contribution < -0.4 is 4.74 Å². The summed E-state index contributed by atoms with van der Waals surface area (Å²) in [6.45, 7) is 4.13. The van der Waals surface area contributed by atoms with Crippen LogP contribution in [0.25, 0.3) is 11.3 Å². The van der Waals surface area contributed by atoms with Crippen molar-refractivity contribution in [3.8, 4) is 22.8 Å². The highest BCUT2D eigenvalue weighted by molar-refractivity contribution is 6.00. The Bertz CT molecular complexity index is 1410. The third kappa shape index (κ3) is 3.93. The maximum Gasteiger partial charge on any atom is 0.273 e. The molecule has 1 aromatic heterocycles. The number of carbonyl (C=O) groups excluding carboxylic acids is 1. The van der Waals surface area contributed by atoms with Crippen LogP contribution in [-0.2, 0) is 6.42 Å². The number of nitrogens with one attached hydrogen (secondary N) is 1. The lowest BCUT2D eigenvalue weighted by molar-refractivity contribution is 0.0744. The Labute approximate surface area is 203 Å². The fourth-order valence-electron chi connectivity index (χ4n) is 4.84. The van der Waals surface area contributed by atoms with Gasteiger partial charge in [0, 0.05) is 23.2 Å². The molecule has 3 aromatic carbocycles. The summed E-state index contributed by atoms with van der Waals surface area (Å²) in [6, 6.07) is 17.2. The summed E-state index contributed by atoms with van der Waals surface area (Å²) in [6.07, 6.45) is 0.586. The van der Waals surface area contributed by atoms with Crippen molar-refractivity contribution in [3.63, 3.8) is 0 Å². The Morgan fingerprint density at radius 1 is 1.11 bits per heavy atom. The fourth-order valence-corrected chi connectivity index (χ4v) is 4.84. The van der Waals surface area contributed by atoms with Crippen LogP contribution in [0.5, 0.6) is 11.5 Å². The van der Waals surface area contributed by atoms with Crippen molar-refractivity contribution in [3.05, 3.63) is 100.0 Å². The minimum absolute atomic E-state index is 0.0984. The van der Waals surface area contributed by atoms with Crippen LogP contribution in [0.15, 0.2) is 60.7 Å². The van der Waals surface area contributed by atoms with Gasteiger partial charge in [-0.2, -0.15) is 5.10 Å². The van der Waals surface area contributed by atoms with Crippen LogP contribution >= 0.6 is 0 Å². The molecule has 0 saturated heterocycles. The molecule has 2 N–H and O–H groups in total. The average Bonchev–Trinajstić information content (AvgIpc) is 3.39. The molecular formula is C28H26FN3O3. The van der Waals surface area contributed by atoms with Crippen LogP contribution in [0, 0.1) is 19.7 Å². The van der Waals surface area contributed by atoms with Gasteiger partial charge in [0.2, 0.25) is 0 Å². The number of benzene rings is 3. The van der Waals surface area contributed by atoms with E-state index in [9.17, 15) is 9.90 Å². The third-order valence-electron chi connectivity index (χ3n) is 6.56. The molecule has 0 radical (unpaired) electrons. The minimum Gasteiger partial charge on any atom is -0.507 e. The molecule has 0 fully saturated rings. The highest BCUT2D eigenvalue weighted by Crippen LogP contribution is 2.45. The third-order valence-corrected chi connectivity index (χ3v) is 6.56. The number of fused-ring (bicyclic) bond motifs is 1. The van der Waals surface area contributed by atoms with E-state index in [-0.39, 0.29) is 11.7 Å². The monoisotopic (exact) mass is 471 g/mol. The summed E-state index contributed by atoms with van der Waals surface area (Å²) in [7, 11) is 1.61. The molecular weight excluding hydrogens is 445 g/mol. The number of phenolic OH excluding ortho intramolecular Hbond substituents is 1. The molecule has 7 heteroatoms. The average molecular weight is 472 g/mol. The molecule has 1 aliphatic rings. The summed E-state index contributed by atoms with van der Waals surface area (Å²) in [5.74, 6) is 0.212. The second-order valence-corrected chi connectivity index (χ2v) is 8.86. The minimum atomic E-state index is -0.675. The lowest BCUT2D eigenvalue weighted by atomic mass is 9.93. The molecule has 1 atom stereocenters. The van der Waals surface area contributed by atoms with Gasteiger partial charge in [-0.25, -0.2) is 4.39 Å². The van der Waals surface area contributed by atoms with Gasteiger partial charge in [0.05, 0.1) is 13.2 Å². The number of carbonyl (C=O) groups is 1. The Hall–Kier alpha value is -4.13. The van der Waals surface area contributed by atoms with E-state index >= 15 is 4.39 Å². The van der Waals surface area contributed by atoms with Crippen molar-refractivity contribution >= 4 is 5.91 Å². The second kappa shape index (κ2) is 8.91. The summed E-state index contributed by atoms with van der Waals surface area (Å²) in [5.41, 5.74) is 4.96. The molecule has 0 saturated carbocycles. The number of halogens is 1. The maximum absolute atomic E-state index is 15.1. The number of rotatable bonds is 6. The number of nitrogens with zero attached hydrogens (tertiary/aromatic N) is 2. The van der Waals surface area contributed by atoms with E-state index in [0.717, 1.165) is 16.9 Å². The van der Waals surface area contributed by atoms with Crippen LogP contribution in [0.4, 0.5) is 4.39 Å². The van der Waals surface area contributed by atoms with Crippen molar-refractivity contribution in [2.24, 2.45) is 0 Å². The predicted octanol–water partition coefficient (Wildman–Crippen LogP) is 5.33. The molecule has 6 nitrogen and oxygen atoms in total. The quantitative estimate of drug-likeness (QED) is 0.398. The second-order valence-electron chi connectivity index (χ2n) is 8.86. The molecule has 4 aromatic rings. The van der Waals surface area contributed by atoms with Gasteiger partial charge in [0.15, 0.2) is 0 Å². The van der Waals surface area contributed by atoms with Crippen molar-refractivity contribution in [2.45, 2.75) is 26.3 Å². The maximum atomic E-state index is 15.1. The number of hydrogen-bond acceptors (Lipinski definition) is 4. The van der Waals surface area contributed by atoms with Crippen molar-refractivity contribution in [1.82, 2.24) is 15.1 Å². The number of amides is 1. The van der Waals surface area contributed by atoms with Gasteiger partial charge in [-0.15, -0.1) is 0 Å². The number of aryl methyl sites for hydroxylation is 2. The Kier molecular flexibility index (Phi) is 5.76. The number of aromatic amines is 1. The molecule has 2 heterocycles. The molecule has 1 unspecified atom stereocenters. The molecule has 35 heavy (non-hydrogen) atoms. The largest absolute Gasteiger partial charge is 0.507 e. The predicted molar refractivity (Wildman–Crippen MR) is 131 cm³/mol.